The van der Waals surface area contributed by atoms with Crippen LogP contribution in [0.3, 0.4) is 0 Å². The Morgan fingerprint density at radius 2 is 1.86 bits per heavy atom. The van der Waals surface area contributed by atoms with Gasteiger partial charge in [0.05, 0.1) is 22.6 Å². The highest BCUT2D eigenvalue weighted by molar-refractivity contribution is 7.89. The van der Waals surface area contributed by atoms with E-state index in [0.717, 1.165) is 30.0 Å². The third-order valence-corrected chi connectivity index (χ3v) is 9.59. The largest absolute Gasteiger partial charge is 0.363 e. The molecule has 1 fully saturated rings. The third kappa shape index (κ3) is 5.55. The van der Waals surface area contributed by atoms with E-state index >= 15 is 0 Å². The van der Waals surface area contributed by atoms with Crippen LogP contribution in [0.1, 0.15) is 58.3 Å². The highest BCUT2D eigenvalue weighted by atomic mass is 32.2. The number of hydrogen-bond acceptors (Lipinski definition) is 8. The van der Waals surface area contributed by atoms with Gasteiger partial charge in [0.25, 0.3) is 11.8 Å². The Morgan fingerprint density at radius 1 is 1.16 bits per heavy atom. The Labute approximate surface area is 220 Å². The van der Waals surface area contributed by atoms with Gasteiger partial charge in [-0.25, -0.2) is 13.2 Å². The summed E-state index contributed by atoms with van der Waals surface area (Å²) in [5.74, 6) is -1.17. The van der Waals surface area contributed by atoms with Crippen LogP contribution in [-0.2, 0) is 27.7 Å². The standard InChI is InChI=1S/C24H31N5O6S2/c1-4-10-28-11-9-17-18(12-28)36-22(19(17)21(31)27-23(25)32)26-20(30)15-5-7-16(8-6-15)37(33,34)29-14-35-13-24(29,2)3/h5-8H,4,9-14H2,1-3H3,(H,26,30)(H3,25,27,31,32). The molecule has 0 unspecified atom stereocenters. The molecule has 0 spiro atoms. The fourth-order valence-electron chi connectivity index (χ4n) is 4.57. The van der Waals surface area contributed by atoms with Gasteiger partial charge >= 0.3 is 6.03 Å². The quantitative estimate of drug-likeness (QED) is 0.479. The average molecular weight is 550 g/mol. The van der Waals surface area contributed by atoms with Gasteiger partial charge in [-0.2, -0.15) is 4.31 Å². The lowest BCUT2D eigenvalue weighted by atomic mass is 10.0. The number of imide groups is 1. The molecule has 2 aliphatic heterocycles. The van der Waals surface area contributed by atoms with E-state index in [4.69, 9.17) is 10.5 Å². The summed E-state index contributed by atoms with van der Waals surface area (Å²) in [6.07, 6.45) is 1.60. The number of anilines is 1. The number of benzene rings is 1. The lowest BCUT2D eigenvalue weighted by Crippen LogP contribution is -2.44. The van der Waals surface area contributed by atoms with E-state index in [1.165, 1.54) is 39.9 Å². The number of sulfonamides is 1. The van der Waals surface area contributed by atoms with Gasteiger partial charge in [-0.05, 0) is 63.1 Å². The Hall–Kier alpha value is -2.84. The number of carbonyl (C=O) groups excluding carboxylic acids is 3. The second-order valence-electron chi connectivity index (χ2n) is 9.67. The Morgan fingerprint density at radius 3 is 2.46 bits per heavy atom. The fraction of sp³-hybridized carbons (Fsp3) is 0.458. The van der Waals surface area contributed by atoms with Crippen LogP contribution in [-0.4, -0.2) is 67.4 Å². The van der Waals surface area contributed by atoms with Crippen molar-refractivity contribution in [2.75, 3.05) is 31.7 Å². The summed E-state index contributed by atoms with van der Waals surface area (Å²) in [4.78, 5) is 40.5. The smallest absolute Gasteiger partial charge is 0.319 e. The first-order valence-corrected chi connectivity index (χ1v) is 14.2. The minimum absolute atomic E-state index is 0.0353. The first kappa shape index (κ1) is 27.2. The van der Waals surface area contributed by atoms with Gasteiger partial charge in [0, 0.05) is 23.5 Å². The van der Waals surface area contributed by atoms with Crippen LogP contribution in [0, 0.1) is 0 Å². The number of nitrogens with one attached hydrogen (secondary N) is 2. The summed E-state index contributed by atoms with van der Waals surface area (Å²) < 4.78 is 32.8. The van der Waals surface area contributed by atoms with Crippen molar-refractivity contribution in [1.82, 2.24) is 14.5 Å². The van der Waals surface area contributed by atoms with E-state index in [1.54, 1.807) is 13.8 Å². The van der Waals surface area contributed by atoms with Gasteiger partial charge < -0.3 is 15.8 Å². The Bertz CT molecular complexity index is 1320. The molecule has 0 aliphatic carbocycles. The number of hydrogen-bond donors (Lipinski definition) is 3. The number of primary amides is 1. The van der Waals surface area contributed by atoms with Crippen molar-refractivity contribution >= 4 is 44.2 Å². The molecule has 2 aliphatic rings. The molecule has 0 bridgehead atoms. The van der Waals surface area contributed by atoms with Crippen molar-refractivity contribution in [2.45, 2.75) is 50.6 Å². The van der Waals surface area contributed by atoms with Crippen LogP contribution in [0.5, 0.6) is 0 Å². The molecule has 4 amide bonds. The topological polar surface area (TPSA) is 151 Å². The number of carbonyl (C=O) groups is 3. The number of amides is 4. The maximum Gasteiger partial charge on any atom is 0.319 e. The van der Waals surface area contributed by atoms with Gasteiger partial charge in [0.1, 0.15) is 11.7 Å². The summed E-state index contributed by atoms with van der Waals surface area (Å²) in [6.45, 7) is 8.24. The second-order valence-corrected chi connectivity index (χ2v) is 12.6. The van der Waals surface area contributed by atoms with Crippen molar-refractivity contribution in [1.29, 1.82) is 0 Å². The second kappa shape index (κ2) is 10.5. The van der Waals surface area contributed by atoms with Gasteiger partial charge in [-0.15, -0.1) is 11.3 Å². The molecular formula is C24H31N5O6S2. The highest BCUT2D eigenvalue weighted by Crippen LogP contribution is 2.37. The van der Waals surface area contributed by atoms with Crippen molar-refractivity contribution in [3.63, 3.8) is 0 Å². The van der Waals surface area contributed by atoms with Crippen LogP contribution in [0.2, 0.25) is 0 Å². The summed E-state index contributed by atoms with van der Waals surface area (Å²) in [5.41, 5.74) is 5.74. The monoisotopic (exact) mass is 549 g/mol. The maximum atomic E-state index is 13.1. The molecule has 0 saturated carbocycles. The van der Waals surface area contributed by atoms with Crippen LogP contribution >= 0.6 is 11.3 Å². The van der Waals surface area contributed by atoms with Crippen LogP contribution in [0.15, 0.2) is 29.2 Å². The van der Waals surface area contributed by atoms with Crippen molar-refractivity contribution in [2.24, 2.45) is 5.73 Å². The Kier molecular flexibility index (Phi) is 7.72. The molecule has 11 nitrogen and oxygen atoms in total. The van der Waals surface area contributed by atoms with Crippen molar-refractivity contribution in [3.8, 4) is 0 Å². The molecule has 0 atom stereocenters. The molecule has 4 rings (SSSR count). The number of fused-ring (bicyclic) bond motifs is 1. The zero-order valence-corrected chi connectivity index (χ0v) is 22.6. The van der Waals surface area contributed by atoms with Crippen molar-refractivity contribution in [3.05, 3.63) is 45.8 Å². The first-order valence-electron chi connectivity index (χ1n) is 11.9. The van der Waals surface area contributed by atoms with E-state index in [2.05, 4.69) is 22.5 Å². The molecule has 1 aromatic carbocycles. The van der Waals surface area contributed by atoms with E-state index in [-0.39, 0.29) is 22.8 Å². The number of urea groups is 1. The molecule has 37 heavy (non-hydrogen) atoms. The normalized spacial score (nSPS) is 17.8. The lowest BCUT2D eigenvalue weighted by molar-refractivity contribution is 0.0965. The minimum atomic E-state index is -3.81. The fourth-order valence-corrected chi connectivity index (χ4v) is 7.50. The van der Waals surface area contributed by atoms with E-state index in [9.17, 15) is 22.8 Å². The molecule has 3 heterocycles. The number of ether oxygens (including phenoxy) is 1. The molecular weight excluding hydrogens is 518 g/mol. The SMILES string of the molecule is CCCN1CCc2c(sc(NC(=O)c3ccc(S(=O)(=O)N4COCC4(C)C)cc3)c2C(=O)NC(N)=O)C1. The summed E-state index contributed by atoms with van der Waals surface area (Å²) in [6, 6.07) is 4.62. The third-order valence-electron chi connectivity index (χ3n) is 6.41. The van der Waals surface area contributed by atoms with Gasteiger partial charge in [-0.3, -0.25) is 19.8 Å². The Balaban J connectivity index is 1.58. The minimum Gasteiger partial charge on any atom is -0.363 e. The molecule has 13 heteroatoms. The summed E-state index contributed by atoms with van der Waals surface area (Å²) >= 11 is 1.29. The number of nitrogens with zero attached hydrogens (tertiary/aromatic N) is 2. The van der Waals surface area contributed by atoms with E-state index < -0.39 is 33.4 Å². The van der Waals surface area contributed by atoms with Crippen molar-refractivity contribution < 1.29 is 27.5 Å². The number of rotatable bonds is 7. The van der Waals surface area contributed by atoms with E-state index in [0.29, 0.717) is 24.6 Å². The van der Waals surface area contributed by atoms with E-state index in [1.807, 2.05) is 0 Å². The van der Waals surface area contributed by atoms with Crippen LogP contribution < -0.4 is 16.4 Å². The zero-order chi connectivity index (χ0) is 27.0. The number of thiophene rings is 1. The molecule has 0 radical (unpaired) electrons. The predicted octanol–water partition coefficient (Wildman–Crippen LogP) is 2.33. The molecule has 200 valence electrons. The van der Waals surface area contributed by atoms with Gasteiger partial charge in [0.15, 0.2) is 0 Å². The lowest BCUT2D eigenvalue weighted by Gasteiger charge is -2.28. The predicted molar refractivity (Wildman–Crippen MR) is 139 cm³/mol. The van der Waals surface area contributed by atoms with Gasteiger partial charge in [0.2, 0.25) is 10.0 Å². The molecule has 4 N–H and O–H groups in total. The zero-order valence-electron chi connectivity index (χ0n) is 21.0. The van der Waals surface area contributed by atoms with Gasteiger partial charge in [-0.1, -0.05) is 6.92 Å². The van der Waals surface area contributed by atoms with Crippen LogP contribution in [0.4, 0.5) is 9.80 Å². The molecule has 1 saturated heterocycles. The summed E-state index contributed by atoms with van der Waals surface area (Å²) in [7, 11) is -3.81. The molecule has 2 aromatic rings. The highest BCUT2D eigenvalue weighted by Gasteiger charge is 2.42. The van der Waals surface area contributed by atoms with Crippen LogP contribution in [0.25, 0.3) is 0 Å². The average Bonchev–Trinajstić information content (AvgIpc) is 3.37. The maximum absolute atomic E-state index is 13.1. The molecule has 1 aromatic heterocycles. The summed E-state index contributed by atoms with van der Waals surface area (Å²) in [5, 5.41) is 5.20. The number of nitrogens with two attached hydrogens (primary N) is 1. The first-order chi connectivity index (χ1) is 17.4.